The average molecular weight is 220 g/mol. The van der Waals surface area contributed by atoms with Crippen LogP contribution in [0.1, 0.15) is 32.1 Å². The quantitative estimate of drug-likeness (QED) is 0.682. The highest BCUT2D eigenvalue weighted by Gasteiger charge is 2.87. The molecule has 0 aromatic carbocycles. The maximum absolute atomic E-state index is 12.8. The van der Waals surface area contributed by atoms with Crippen molar-refractivity contribution in [3.8, 4) is 0 Å². The number of hydrogen-bond donors (Lipinski definition) is 0. The first-order valence-corrected chi connectivity index (χ1v) is 5.20. The number of alkyl halides is 3. The third-order valence-electron chi connectivity index (χ3n) is 3.68. The molecule has 84 valence electrons. The molecule has 5 heteroatoms. The second-order valence-corrected chi connectivity index (χ2v) is 4.84. The Balaban J connectivity index is 1.78. The fourth-order valence-corrected chi connectivity index (χ4v) is 2.34. The van der Waals surface area contributed by atoms with Crippen molar-refractivity contribution in [2.24, 2.45) is 5.92 Å². The van der Waals surface area contributed by atoms with E-state index in [4.69, 9.17) is 4.74 Å². The van der Waals surface area contributed by atoms with Gasteiger partial charge in [-0.3, -0.25) is 4.79 Å². The van der Waals surface area contributed by atoms with E-state index in [0.29, 0.717) is 12.8 Å². The van der Waals surface area contributed by atoms with Gasteiger partial charge in [-0.1, -0.05) is 0 Å². The van der Waals surface area contributed by atoms with Crippen LogP contribution >= 0.6 is 0 Å². The molecule has 1 heterocycles. The predicted octanol–water partition coefficient (Wildman–Crippen LogP) is 2.22. The largest absolute Gasteiger partial charge is 0.420 e. The molecular weight excluding hydrogens is 209 g/mol. The van der Waals surface area contributed by atoms with Crippen LogP contribution < -0.4 is 0 Å². The summed E-state index contributed by atoms with van der Waals surface area (Å²) in [5.74, 6) is -0.389. The van der Waals surface area contributed by atoms with Crippen LogP contribution in [0, 0.1) is 5.92 Å². The van der Waals surface area contributed by atoms with E-state index in [1.807, 2.05) is 0 Å². The Kier molecular flexibility index (Phi) is 1.54. The van der Waals surface area contributed by atoms with Gasteiger partial charge in [0.2, 0.25) is 0 Å². The van der Waals surface area contributed by atoms with Gasteiger partial charge >= 0.3 is 6.18 Å². The minimum absolute atomic E-state index is 0.121. The van der Waals surface area contributed by atoms with Crippen molar-refractivity contribution in [2.45, 2.75) is 49.5 Å². The van der Waals surface area contributed by atoms with Crippen LogP contribution in [0.4, 0.5) is 13.2 Å². The summed E-state index contributed by atoms with van der Waals surface area (Å²) in [6.07, 6.45) is -2.45. The Hall–Kier alpha value is -0.580. The molecular formula is C10H11F3O2. The summed E-state index contributed by atoms with van der Waals surface area (Å²) in [6, 6.07) is 0. The van der Waals surface area contributed by atoms with E-state index >= 15 is 0 Å². The second-order valence-electron chi connectivity index (χ2n) is 4.84. The molecule has 3 aliphatic rings. The van der Waals surface area contributed by atoms with Crippen LogP contribution in [-0.4, -0.2) is 23.2 Å². The summed E-state index contributed by atoms with van der Waals surface area (Å²) in [5.41, 5.74) is -3.12. The van der Waals surface area contributed by atoms with E-state index in [9.17, 15) is 18.0 Å². The number of ketones is 1. The molecule has 1 spiro atoms. The van der Waals surface area contributed by atoms with Gasteiger partial charge in [-0.25, -0.2) is 0 Å². The maximum Gasteiger partial charge on any atom is 0.420 e. The van der Waals surface area contributed by atoms with Gasteiger partial charge in [0.1, 0.15) is 11.4 Å². The van der Waals surface area contributed by atoms with Gasteiger partial charge in [-0.05, 0) is 25.7 Å². The molecule has 3 rings (SSSR count). The first-order chi connectivity index (χ1) is 6.90. The smallest absolute Gasteiger partial charge is 0.352 e. The zero-order chi connectivity index (χ0) is 10.9. The number of rotatable bonds is 3. The topological polar surface area (TPSA) is 29.6 Å². The van der Waals surface area contributed by atoms with Crippen LogP contribution in [0.3, 0.4) is 0 Å². The van der Waals surface area contributed by atoms with Crippen molar-refractivity contribution in [3.05, 3.63) is 0 Å². The molecule has 2 saturated carbocycles. The van der Waals surface area contributed by atoms with E-state index in [0.717, 1.165) is 12.8 Å². The lowest BCUT2D eigenvalue weighted by Crippen LogP contribution is -2.38. The normalized spacial score (nSPS) is 36.7. The standard InChI is InChI=1S/C10H11F3O2/c11-10(12,13)9(8(15-9)3-4-8)5-7(14)6-1-2-6/h6H,1-5H2/t9-/m1/s1. The number of halogens is 3. The molecule has 1 aliphatic heterocycles. The van der Waals surface area contributed by atoms with Crippen LogP contribution in [0.5, 0.6) is 0 Å². The third kappa shape index (κ3) is 1.19. The lowest BCUT2D eigenvalue weighted by atomic mass is 9.94. The third-order valence-corrected chi connectivity index (χ3v) is 3.68. The molecule has 0 bridgehead atoms. The summed E-state index contributed by atoms with van der Waals surface area (Å²) in [4.78, 5) is 11.4. The monoisotopic (exact) mass is 220 g/mol. The highest BCUT2D eigenvalue weighted by Crippen LogP contribution is 2.71. The summed E-state index contributed by atoms with van der Waals surface area (Å²) < 4.78 is 43.3. The highest BCUT2D eigenvalue weighted by molar-refractivity contribution is 5.85. The van der Waals surface area contributed by atoms with Crippen LogP contribution in [0.2, 0.25) is 0 Å². The number of Topliss-reactive ketones (excluding diaryl/α,β-unsaturated/α-hetero) is 1. The van der Waals surface area contributed by atoms with Crippen molar-refractivity contribution in [3.63, 3.8) is 0 Å². The predicted molar refractivity (Wildman–Crippen MR) is 44.2 cm³/mol. The molecule has 1 saturated heterocycles. The Bertz CT molecular complexity index is 328. The average Bonchev–Trinajstić information content (AvgIpc) is 2.97. The van der Waals surface area contributed by atoms with E-state index < -0.39 is 23.8 Å². The van der Waals surface area contributed by atoms with Crippen molar-refractivity contribution in [1.29, 1.82) is 0 Å². The number of hydrogen-bond acceptors (Lipinski definition) is 2. The summed E-state index contributed by atoms with van der Waals surface area (Å²) in [5, 5.41) is 0. The van der Waals surface area contributed by atoms with Gasteiger partial charge in [-0.2, -0.15) is 13.2 Å². The number of carbonyl (C=O) groups is 1. The number of ether oxygens (including phenoxy) is 1. The zero-order valence-electron chi connectivity index (χ0n) is 8.06. The molecule has 0 radical (unpaired) electrons. The number of epoxide rings is 1. The Morgan fingerprint density at radius 3 is 2.27 bits per heavy atom. The van der Waals surface area contributed by atoms with Gasteiger partial charge < -0.3 is 4.74 Å². The van der Waals surface area contributed by atoms with Gasteiger partial charge in [0.05, 0.1) is 0 Å². The molecule has 0 amide bonds. The molecule has 0 aromatic rings. The van der Waals surface area contributed by atoms with Crippen molar-refractivity contribution in [2.75, 3.05) is 0 Å². The fraction of sp³-hybridized carbons (Fsp3) is 0.900. The summed E-state index contributed by atoms with van der Waals surface area (Å²) in [6.45, 7) is 0. The van der Waals surface area contributed by atoms with Crippen LogP contribution in [0.25, 0.3) is 0 Å². The molecule has 15 heavy (non-hydrogen) atoms. The maximum atomic E-state index is 12.8. The van der Waals surface area contributed by atoms with Gasteiger partial charge in [0.25, 0.3) is 0 Å². The van der Waals surface area contributed by atoms with Gasteiger partial charge in [0, 0.05) is 12.3 Å². The Labute approximate surface area is 84.8 Å². The molecule has 0 N–H and O–H groups in total. The Morgan fingerprint density at radius 2 is 1.93 bits per heavy atom. The molecule has 0 unspecified atom stereocenters. The minimum Gasteiger partial charge on any atom is -0.352 e. The SMILES string of the molecule is O=C(C[C@@]1(C(F)(F)F)OC12CC2)C1CC1. The lowest BCUT2D eigenvalue weighted by Gasteiger charge is -2.15. The van der Waals surface area contributed by atoms with Crippen LogP contribution in [0.15, 0.2) is 0 Å². The van der Waals surface area contributed by atoms with Gasteiger partial charge in [0.15, 0.2) is 5.60 Å². The molecule has 3 fully saturated rings. The van der Waals surface area contributed by atoms with Crippen molar-refractivity contribution < 1.29 is 22.7 Å². The first kappa shape index (κ1) is 9.63. The lowest BCUT2D eigenvalue weighted by molar-refractivity contribution is -0.187. The van der Waals surface area contributed by atoms with E-state index in [2.05, 4.69) is 0 Å². The second kappa shape index (κ2) is 2.39. The summed E-state index contributed by atoms with van der Waals surface area (Å²) >= 11 is 0. The van der Waals surface area contributed by atoms with Gasteiger partial charge in [-0.15, -0.1) is 0 Å². The Morgan fingerprint density at radius 1 is 1.33 bits per heavy atom. The zero-order valence-corrected chi connectivity index (χ0v) is 8.06. The molecule has 0 aromatic heterocycles. The fourth-order valence-electron chi connectivity index (χ4n) is 2.34. The molecule has 2 aliphatic carbocycles. The van der Waals surface area contributed by atoms with Crippen molar-refractivity contribution >= 4 is 5.78 Å². The first-order valence-electron chi connectivity index (χ1n) is 5.20. The minimum atomic E-state index is -4.39. The van der Waals surface area contributed by atoms with Crippen LogP contribution in [-0.2, 0) is 9.53 Å². The summed E-state index contributed by atoms with van der Waals surface area (Å²) in [7, 11) is 0. The van der Waals surface area contributed by atoms with E-state index in [1.165, 1.54) is 0 Å². The molecule has 1 atom stereocenters. The van der Waals surface area contributed by atoms with E-state index in [-0.39, 0.29) is 11.7 Å². The van der Waals surface area contributed by atoms with Crippen molar-refractivity contribution in [1.82, 2.24) is 0 Å². The number of carbonyl (C=O) groups excluding carboxylic acids is 1. The molecule has 2 nitrogen and oxygen atoms in total. The highest BCUT2D eigenvalue weighted by atomic mass is 19.4. The van der Waals surface area contributed by atoms with E-state index in [1.54, 1.807) is 0 Å².